The van der Waals surface area contributed by atoms with Gasteiger partial charge in [0, 0.05) is 0 Å². The van der Waals surface area contributed by atoms with E-state index in [0.717, 1.165) is 0 Å². The molecule has 0 saturated heterocycles. The molecule has 0 spiro atoms. The summed E-state index contributed by atoms with van der Waals surface area (Å²) in [5.41, 5.74) is 0. The van der Waals surface area contributed by atoms with E-state index in [0.29, 0.717) is 0 Å². The van der Waals surface area contributed by atoms with Gasteiger partial charge >= 0.3 is 0 Å². The van der Waals surface area contributed by atoms with Gasteiger partial charge in [0.25, 0.3) is 0 Å². The molecule has 0 N–H and O–H groups in total. The minimum Gasteiger partial charge on any atom is -0.324 e. The van der Waals surface area contributed by atoms with Crippen LogP contribution in [0, 0.1) is 0 Å². The predicted molar refractivity (Wildman–Crippen MR) is 157 cm³/mol. The Morgan fingerprint density at radius 2 is 0.471 bits per heavy atom. The van der Waals surface area contributed by atoms with E-state index in [1.165, 1.54) is 176 Å². The van der Waals surface area contributed by atoms with E-state index < -0.39 is 0 Å². The van der Waals surface area contributed by atoms with E-state index in [9.17, 15) is 0 Å². The van der Waals surface area contributed by atoms with Crippen molar-refractivity contribution in [3.8, 4) is 0 Å². The molecule has 0 bridgehead atoms. The molecule has 0 heterocycles. The van der Waals surface area contributed by atoms with Gasteiger partial charge in [-0.05, 0) is 25.7 Å². The Kier molecular flexibility index (Phi) is 23.3. The van der Waals surface area contributed by atoms with Crippen molar-refractivity contribution in [1.29, 1.82) is 0 Å². The van der Waals surface area contributed by atoms with Gasteiger partial charge in [-0.25, -0.2) is 0 Å². The molecule has 0 unspecified atom stereocenters. The molecule has 0 radical (unpaired) electrons. The highest BCUT2D eigenvalue weighted by Gasteiger charge is 2.22. The van der Waals surface area contributed by atoms with Gasteiger partial charge in [0.05, 0.1) is 41.3 Å². The van der Waals surface area contributed by atoms with Gasteiger partial charge in [-0.1, -0.05) is 129 Å². The summed E-state index contributed by atoms with van der Waals surface area (Å²) in [4.78, 5) is 0. The van der Waals surface area contributed by atoms with Crippen LogP contribution in [0.5, 0.6) is 0 Å². The fourth-order valence-corrected chi connectivity index (χ4v) is 5.17. The molecule has 34 heavy (non-hydrogen) atoms. The summed E-state index contributed by atoms with van der Waals surface area (Å²) in [6.45, 7) is 9.97. The van der Waals surface area contributed by atoms with Crippen LogP contribution in [0.1, 0.15) is 155 Å². The Labute approximate surface area is 218 Å². The first kappa shape index (κ1) is 33.9. The highest BCUT2D eigenvalue weighted by Crippen LogP contribution is 2.14. The topological polar surface area (TPSA) is 0 Å². The largest absolute Gasteiger partial charge is 0.324 e. The average Bonchev–Trinajstić information content (AvgIpc) is 2.80. The first-order valence-corrected chi connectivity index (χ1v) is 16.0. The average molecular weight is 483 g/mol. The third kappa shape index (κ3) is 25.0. The van der Waals surface area contributed by atoms with Crippen molar-refractivity contribution in [1.82, 2.24) is 0 Å². The highest BCUT2D eigenvalue weighted by molar-refractivity contribution is 4.50. The first-order valence-electron chi connectivity index (χ1n) is 16.0. The van der Waals surface area contributed by atoms with Crippen molar-refractivity contribution in [2.75, 3.05) is 54.4 Å². The van der Waals surface area contributed by atoms with Crippen molar-refractivity contribution < 1.29 is 8.97 Å². The highest BCUT2D eigenvalue weighted by atomic mass is 15.4. The standard InChI is InChI=1S/C32H70N2/c1-7-9-11-13-15-17-18-19-20-21-22-24-26-28-30-34(5,6)32-31-33(3,4)29-27-25-23-16-14-12-10-8-2/h7-32H2,1-6H3/q+2. The summed E-state index contributed by atoms with van der Waals surface area (Å²) in [5, 5.41) is 0. The van der Waals surface area contributed by atoms with E-state index >= 15 is 0 Å². The second kappa shape index (κ2) is 23.3. The second-order valence-corrected chi connectivity index (χ2v) is 12.8. The number of nitrogens with zero attached hydrogens (tertiary/aromatic N) is 2. The van der Waals surface area contributed by atoms with Crippen LogP contribution in [0.3, 0.4) is 0 Å². The Hall–Kier alpha value is -0.0800. The molecule has 0 aromatic heterocycles. The SMILES string of the molecule is CCCCCCCCCCCCCCCC[N+](C)(C)CC[N+](C)(C)CCCCCCCCCC. The lowest BCUT2D eigenvalue weighted by molar-refractivity contribution is -0.946. The van der Waals surface area contributed by atoms with Crippen molar-refractivity contribution in [3.05, 3.63) is 0 Å². The summed E-state index contributed by atoms with van der Waals surface area (Å²) in [6, 6.07) is 0. The molecule has 2 nitrogen and oxygen atoms in total. The Bertz CT molecular complexity index is 402. The molecule has 0 aromatic carbocycles. The van der Waals surface area contributed by atoms with Gasteiger partial charge in [0.2, 0.25) is 0 Å². The molecule has 0 fully saturated rings. The minimum absolute atomic E-state index is 1.20. The van der Waals surface area contributed by atoms with Crippen LogP contribution >= 0.6 is 0 Å². The van der Waals surface area contributed by atoms with Crippen LogP contribution in [-0.2, 0) is 0 Å². The fraction of sp³-hybridized carbons (Fsp3) is 1.00. The number of hydrogen-bond acceptors (Lipinski definition) is 0. The molecule has 0 aliphatic rings. The smallest absolute Gasteiger partial charge is 0.128 e. The lowest BCUT2D eigenvalue weighted by Crippen LogP contribution is -2.51. The van der Waals surface area contributed by atoms with Crippen molar-refractivity contribution in [2.24, 2.45) is 0 Å². The molecule has 0 amide bonds. The Morgan fingerprint density at radius 1 is 0.265 bits per heavy atom. The van der Waals surface area contributed by atoms with Crippen molar-refractivity contribution in [3.63, 3.8) is 0 Å². The minimum atomic E-state index is 1.20. The summed E-state index contributed by atoms with van der Waals surface area (Å²) in [7, 11) is 9.82. The van der Waals surface area contributed by atoms with Crippen molar-refractivity contribution in [2.45, 2.75) is 155 Å². The third-order valence-electron chi connectivity index (χ3n) is 8.04. The monoisotopic (exact) mass is 483 g/mol. The summed E-state index contributed by atoms with van der Waals surface area (Å²) >= 11 is 0. The third-order valence-corrected chi connectivity index (χ3v) is 8.04. The second-order valence-electron chi connectivity index (χ2n) is 12.8. The maximum Gasteiger partial charge on any atom is 0.128 e. The summed E-state index contributed by atoms with van der Waals surface area (Å²) < 4.78 is 2.41. The van der Waals surface area contributed by atoms with E-state index in [2.05, 4.69) is 42.0 Å². The molecule has 0 aliphatic carbocycles. The van der Waals surface area contributed by atoms with E-state index in [1.54, 1.807) is 0 Å². The normalized spacial score (nSPS) is 12.5. The Balaban J connectivity index is 3.57. The maximum atomic E-state index is 2.46. The van der Waals surface area contributed by atoms with E-state index in [-0.39, 0.29) is 0 Å². The molecule has 0 aromatic rings. The van der Waals surface area contributed by atoms with Gasteiger partial charge in [0.15, 0.2) is 0 Å². The van der Waals surface area contributed by atoms with Gasteiger partial charge in [-0.2, -0.15) is 0 Å². The molecular formula is C32H70N2+2. The number of likely N-dealkylation sites (N-methyl/N-ethyl adjacent to an activating group) is 2. The predicted octanol–water partition coefficient (Wildman–Crippen LogP) is 9.76. The lowest BCUT2D eigenvalue weighted by Gasteiger charge is -2.36. The number of unbranched alkanes of at least 4 members (excludes halogenated alkanes) is 20. The zero-order valence-corrected chi connectivity index (χ0v) is 25.3. The molecule has 0 saturated carbocycles. The first-order chi connectivity index (χ1) is 16.3. The Morgan fingerprint density at radius 3 is 0.706 bits per heavy atom. The lowest BCUT2D eigenvalue weighted by atomic mass is 10.0. The van der Waals surface area contributed by atoms with Gasteiger partial charge < -0.3 is 8.97 Å². The molecule has 0 rings (SSSR count). The molecule has 0 aliphatic heterocycles. The maximum absolute atomic E-state index is 2.46. The molecule has 0 atom stereocenters. The van der Waals surface area contributed by atoms with Crippen LogP contribution < -0.4 is 0 Å². The van der Waals surface area contributed by atoms with Crippen LogP contribution in [0.4, 0.5) is 0 Å². The van der Waals surface area contributed by atoms with Gasteiger partial charge in [-0.3, -0.25) is 0 Å². The summed E-state index contributed by atoms with van der Waals surface area (Å²) in [6.07, 6.45) is 31.8. The fourth-order valence-electron chi connectivity index (χ4n) is 5.17. The zero-order chi connectivity index (χ0) is 25.4. The van der Waals surface area contributed by atoms with Crippen LogP contribution in [-0.4, -0.2) is 63.3 Å². The van der Waals surface area contributed by atoms with Crippen LogP contribution in [0.2, 0.25) is 0 Å². The van der Waals surface area contributed by atoms with Crippen LogP contribution in [0.25, 0.3) is 0 Å². The zero-order valence-electron chi connectivity index (χ0n) is 25.3. The quantitative estimate of drug-likeness (QED) is 0.0807. The van der Waals surface area contributed by atoms with Crippen LogP contribution in [0.15, 0.2) is 0 Å². The van der Waals surface area contributed by atoms with E-state index in [4.69, 9.17) is 0 Å². The molecule has 2 heteroatoms. The summed E-state index contributed by atoms with van der Waals surface area (Å²) in [5.74, 6) is 0. The molecule has 206 valence electrons. The number of quaternary nitrogens is 2. The molecular weight excluding hydrogens is 412 g/mol. The number of rotatable bonds is 27. The van der Waals surface area contributed by atoms with Gasteiger partial charge in [0.1, 0.15) is 13.1 Å². The number of hydrogen-bond donors (Lipinski definition) is 0. The van der Waals surface area contributed by atoms with Gasteiger partial charge in [-0.15, -0.1) is 0 Å². The van der Waals surface area contributed by atoms with E-state index in [1.807, 2.05) is 0 Å². The van der Waals surface area contributed by atoms with Crippen molar-refractivity contribution >= 4 is 0 Å².